The van der Waals surface area contributed by atoms with E-state index in [0.717, 1.165) is 31.3 Å². The average molecular weight is 433 g/mol. The molecule has 0 heterocycles. The summed E-state index contributed by atoms with van der Waals surface area (Å²) in [4.78, 5) is 0. The van der Waals surface area contributed by atoms with E-state index in [-0.39, 0.29) is 17.4 Å². The molecule has 3 aliphatic carbocycles. The molecule has 0 aliphatic heterocycles. The summed E-state index contributed by atoms with van der Waals surface area (Å²) in [6, 6.07) is 0. The maximum atomic E-state index is 10.5. The van der Waals surface area contributed by atoms with Crippen LogP contribution in [0.5, 0.6) is 0 Å². The lowest BCUT2D eigenvalue weighted by Gasteiger charge is -2.45. The van der Waals surface area contributed by atoms with E-state index in [1.807, 2.05) is 0 Å². The highest BCUT2D eigenvalue weighted by atomic mass is 16.4. The minimum atomic E-state index is -1.30. The van der Waals surface area contributed by atoms with Gasteiger partial charge >= 0.3 is 0 Å². The lowest BCUT2D eigenvalue weighted by molar-refractivity contribution is -0.113. The highest BCUT2D eigenvalue weighted by Gasteiger charge is 2.51. The Labute approximate surface area is 188 Å². The molecule has 3 rings (SSSR count). The highest BCUT2D eigenvalue weighted by molar-refractivity contribution is 5.36. The fourth-order valence-corrected chi connectivity index (χ4v) is 6.75. The van der Waals surface area contributed by atoms with Crippen LogP contribution in [0.3, 0.4) is 0 Å². The average Bonchev–Trinajstić information content (AvgIpc) is 3.04. The van der Waals surface area contributed by atoms with Crippen LogP contribution in [0.4, 0.5) is 0 Å². The number of allylic oxidation sites excluding steroid dienone is 4. The predicted octanol–water partition coefficient (Wildman–Crippen LogP) is 4.68. The summed E-state index contributed by atoms with van der Waals surface area (Å²) >= 11 is 0. The molecule has 3 fully saturated rings. The summed E-state index contributed by atoms with van der Waals surface area (Å²) in [7, 11) is 0. The second-order valence-corrected chi connectivity index (χ2v) is 11.4. The largest absolute Gasteiger partial charge is 0.393 e. The topological polar surface area (TPSA) is 80.9 Å². The van der Waals surface area contributed by atoms with Crippen molar-refractivity contribution in [1.29, 1.82) is 0 Å². The van der Waals surface area contributed by atoms with E-state index in [1.54, 1.807) is 13.8 Å². The van der Waals surface area contributed by atoms with Gasteiger partial charge in [0.15, 0.2) is 0 Å². The summed E-state index contributed by atoms with van der Waals surface area (Å²) < 4.78 is 0. The number of hydrogen-bond acceptors (Lipinski definition) is 4. The van der Waals surface area contributed by atoms with Crippen molar-refractivity contribution in [2.24, 2.45) is 23.2 Å². The predicted molar refractivity (Wildman–Crippen MR) is 125 cm³/mol. The van der Waals surface area contributed by atoms with Gasteiger partial charge in [0.1, 0.15) is 6.10 Å². The van der Waals surface area contributed by atoms with Gasteiger partial charge < -0.3 is 20.4 Å². The molecule has 0 radical (unpaired) electrons. The molecule has 31 heavy (non-hydrogen) atoms. The van der Waals surface area contributed by atoms with E-state index in [1.165, 1.54) is 30.4 Å². The van der Waals surface area contributed by atoms with E-state index in [0.29, 0.717) is 24.7 Å². The molecule has 0 amide bonds. The van der Waals surface area contributed by atoms with Crippen LogP contribution in [-0.4, -0.2) is 44.3 Å². The molecule has 4 nitrogen and oxygen atoms in total. The van der Waals surface area contributed by atoms with E-state index < -0.39 is 17.8 Å². The van der Waals surface area contributed by atoms with Crippen LogP contribution in [0.2, 0.25) is 0 Å². The van der Waals surface area contributed by atoms with Gasteiger partial charge in [0, 0.05) is 0 Å². The third-order valence-corrected chi connectivity index (χ3v) is 8.61. The van der Waals surface area contributed by atoms with E-state index in [2.05, 4.69) is 32.6 Å². The Kier molecular flexibility index (Phi) is 7.57. The molecule has 176 valence electrons. The van der Waals surface area contributed by atoms with Gasteiger partial charge in [-0.05, 0) is 100 Å². The maximum Gasteiger partial charge on any atom is 0.108 e. The van der Waals surface area contributed by atoms with E-state index in [4.69, 9.17) is 0 Å². The minimum absolute atomic E-state index is 0.213. The minimum Gasteiger partial charge on any atom is -0.393 e. The smallest absolute Gasteiger partial charge is 0.108 e. The Morgan fingerprint density at radius 2 is 1.87 bits per heavy atom. The zero-order valence-corrected chi connectivity index (χ0v) is 20.0. The van der Waals surface area contributed by atoms with Crippen LogP contribution in [0.1, 0.15) is 85.5 Å². The Bertz CT molecular complexity index is 715. The first-order chi connectivity index (χ1) is 14.4. The second kappa shape index (κ2) is 9.51. The lowest BCUT2D eigenvalue weighted by Crippen LogP contribution is -2.46. The van der Waals surface area contributed by atoms with Crippen LogP contribution >= 0.6 is 0 Å². The third kappa shape index (κ3) is 5.35. The van der Waals surface area contributed by atoms with Crippen molar-refractivity contribution in [3.05, 3.63) is 35.5 Å². The van der Waals surface area contributed by atoms with Crippen molar-refractivity contribution in [2.45, 2.75) is 109 Å². The van der Waals surface area contributed by atoms with Crippen molar-refractivity contribution in [1.82, 2.24) is 0 Å². The number of rotatable bonds is 6. The monoisotopic (exact) mass is 432 g/mol. The van der Waals surface area contributed by atoms with Crippen LogP contribution in [0.15, 0.2) is 35.5 Å². The Morgan fingerprint density at radius 3 is 2.55 bits per heavy atom. The van der Waals surface area contributed by atoms with Gasteiger partial charge in [0.05, 0.1) is 17.8 Å². The number of hydrogen-bond donors (Lipinski definition) is 4. The molecule has 0 aromatic carbocycles. The lowest BCUT2D eigenvalue weighted by atomic mass is 9.60. The molecule has 0 aromatic rings. The number of aliphatic hydroxyl groups excluding tert-OH is 3. The van der Waals surface area contributed by atoms with Crippen molar-refractivity contribution in [3.8, 4) is 0 Å². The molecule has 0 bridgehead atoms. The van der Waals surface area contributed by atoms with Crippen LogP contribution in [0, 0.1) is 23.2 Å². The van der Waals surface area contributed by atoms with Crippen molar-refractivity contribution in [3.63, 3.8) is 0 Å². The molecule has 7 unspecified atom stereocenters. The molecule has 0 aromatic heterocycles. The summed E-state index contributed by atoms with van der Waals surface area (Å²) in [6.07, 6.45) is 11.0. The summed E-state index contributed by atoms with van der Waals surface area (Å²) in [5.74, 6) is 1.35. The summed E-state index contributed by atoms with van der Waals surface area (Å²) in [6.45, 7) is 11.9. The zero-order chi connectivity index (χ0) is 23.0. The fraction of sp³-hybridized carbons (Fsp3) is 0.778. The van der Waals surface area contributed by atoms with Crippen molar-refractivity contribution in [2.75, 3.05) is 0 Å². The first kappa shape index (κ1) is 24.7. The normalized spacial score (nSPS) is 37.7. The fourth-order valence-electron chi connectivity index (χ4n) is 6.75. The molecule has 4 N–H and O–H groups in total. The summed E-state index contributed by atoms with van der Waals surface area (Å²) in [5.41, 5.74) is 2.81. The quantitative estimate of drug-likeness (QED) is 0.491. The van der Waals surface area contributed by atoms with Crippen LogP contribution < -0.4 is 0 Å². The Morgan fingerprint density at radius 1 is 1.16 bits per heavy atom. The second-order valence-electron chi connectivity index (χ2n) is 11.4. The van der Waals surface area contributed by atoms with Crippen molar-refractivity contribution < 1.29 is 20.4 Å². The SMILES string of the molecule is C=C1CCC(O)CC1=CC=C1CCCC2(C)C1CCC2C(C)CC(O)C(O)C(C)(C)O. The molecule has 3 aliphatic rings. The Hall–Kier alpha value is -0.940. The maximum absolute atomic E-state index is 10.5. The van der Waals surface area contributed by atoms with Gasteiger partial charge in [0.25, 0.3) is 0 Å². The molecule has 7 atom stereocenters. The van der Waals surface area contributed by atoms with E-state index >= 15 is 0 Å². The van der Waals surface area contributed by atoms with Gasteiger partial charge in [-0.25, -0.2) is 0 Å². The molecule has 3 saturated carbocycles. The van der Waals surface area contributed by atoms with Crippen LogP contribution in [0.25, 0.3) is 0 Å². The molecule has 4 heteroatoms. The van der Waals surface area contributed by atoms with Gasteiger partial charge in [-0.2, -0.15) is 0 Å². The standard InChI is InChI=1S/C27H44O4/c1-17-8-11-21(28)16-20(17)10-9-19-7-6-14-27(5)22(12-13-23(19)27)18(2)15-24(29)25(30)26(3,4)31/h9-10,18,21-25,28-31H,1,6-8,11-16H2,2-5H3. The first-order valence-electron chi connectivity index (χ1n) is 12.3. The van der Waals surface area contributed by atoms with Gasteiger partial charge in [-0.15, -0.1) is 0 Å². The molecular weight excluding hydrogens is 388 g/mol. The van der Waals surface area contributed by atoms with Crippen LogP contribution in [-0.2, 0) is 0 Å². The number of aliphatic hydroxyl groups is 4. The summed E-state index contributed by atoms with van der Waals surface area (Å²) in [5, 5.41) is 40.9. The zero-order valence-electron chi connectivity index (χ0n) is 20.0. The Balaban J connectivity index is 1.72. The molecule has 0 spiro atoms. The molecule has 0 saturated heterocycles. The highest BCUT2D eigenvalue weighted by Crippen LogP contribution is 2.60. The van der Waals surface area contributed by atoms with Gasteiger partial charge in [-0.3, -0.25) is 0 Å². The first-order valence-corrected chi connectivity index (χ1v) is 12.3. The third-order valence-electron chi connectivity index (χ3n) is 8.61. The van der Waals surface area contributed by atoms with Gasteiger partial charge in [-0.1, -0.05) is 43.7 Å². The van der Waals surface area contributed by atoms with Crippen molar-refractivity contribution >= 4 is 0 Å². The number of fused-ring (bicyclic) bond motifs is 1. The van der Waals surface area contributed by atoms with E-state index in [9.17, 15) is 20.4 Å². The van der Waals surface area contributed by atoms with Gasteiger partial charge in [0.2, 0.25) is 0 Å². The molecular formula is C27H44O4.